The van der Waals surface area contributed by atoms with Gasteiger partial charge in [-0.25, -0.2) is 4.79 Å². The average Bonchev–Trinajstić information content (AvgIpc) is 3.73. The summed E-state index contributed by atoms with van der Waals surface area (Å²) < 4.78 is 31.7. The third-order valence-electron chi connectivity index (χ3n) is 11.4. The Kier molecular flexibility index (Phi) is 22.3. The molecule has 1 saturated carbocycles. The van der Waals surface area contributed by atoms with E-state index < -0.39 is 71.8 Å². The second-order valence-corrected chi connectivity index (χ2v) is 17.8. The van der Waals surface area contributed by atoms with Crippen LogP contribution in [0.4, 0.5) is 13.2 Å². The number of amidine groups is 1. The van der Waals surface area contributed by atoms with E-state index in [-0.39, 0.29) is 67.4 Å². The number of alkyl halides is 3. The lowest BCUT2D eigenvalue weighted by molar-refractivity contribution is -0.192. The number of likely N-dealkylation sites (tertiary alicyclic amines) is 1. The highest BCUT2D eigenvalue weighted by molar-refractivity contribution is 6.03. The molecule has 0 radical (unpaired) electrons. The van der Waals surface area contributed by atoms with Gasteiger partial charge >= 0.3 is 12.1 Å². The van der Waals surface area contributed by atoms with Crippen LogP contribution in [0, 0.1) is 23.2 Å². The highest BCUT2D eigenvalue weighted by atomic mass is 19.4. The molecule has 1 aromatic carbocycles. The molecule has 1 saturated heterocycles. The number of carbonyl (C=O) groups excluding carboxylic acids is 6. The van der Waals surface area contributed by atoms with Crippen LogP contribution in [0.15, 0.2) is 29.3 Å². The Morgan fingerprint density at radius 3 is 1.86 bits per heavy atom. The summed E-state index contributed by atoms with van der Waals surface area (Å²) in [4.78, 5) is 99.6. The molecule has 5 atom stereocenters. The summed E-state index contributed by atoms with van der Waals surface area (Å²) in [6.07, 6.45) is 0.625. The summed E-state index contributed by atoms with van der Waals surface area (Å²) in [6.45, 7) is 11.8. The van der Waals surface area contributed by atoms with Gasteiger partial charge in [-0.3, -0.25) is 39.2 Å². The molecule has 3 rings (SSSR count). The summed E-state index contributed by atoms with van der Waals surface area (Å²) in [5, 5.41) is 23.6. The van der Waals surface area contributed by atoms with Crippen molar-refractivity contribution >= 4 is 53.2 Å². The number of aliphatic imine (C=N–C) groups is 1. The fourth-order valence-electron chi connectivity index (χ4n) is 8.28. The molecule has 0 spiro atoms. The molecule has 1 heterocycles. The number of rotatable bonds is 21. The van der Waals surface area contributed by atoms with E-state index >= 15 is 0 Å². The number of nitrogen functional groups attached to an aromatic ring is 1. The molecule has 1 aliphatic carbocycles. The largest absolute Gasteiger partial charge is 0.490 e. The molecule has 1 aliphatic heterocycles. The molecule has 2 fully saturated rings. The molecule has 6 amide bonds. The van der Waals surface area contributed by atoms with Crippen molar-refractivity contribution < 1.29 is 51.8 Å². The van der Waals surface area contributed by atoms with E-state index in [0.717, 1.165) is 19.3 Å². The van der Waals surface area contributed by atoms with E-state index in [1.54, 1.807) is 29.2 Å². The van der Waals surface area contributed by atoms with Gasteiger partial charge in [0.1, 0.15) is 35.9 Å². The highest BCUT2D eigenvalue weighted by Gasteiger charge is 2.41. The Hall–Kier alpha value is -5.96. The zero-order valence-corrected chi connectivity index (χ0v) is 38.8. The van der Waals surface area contributed by atoms with Gasteiger partial charge in [0.05, 0.1) is 0 Å². The van der Waals surface area contributed by atoms with Crippen LogP contribution in [0.2, 0.25) is 0 Å². The van der Waals surface area contributed by atoms with Crippen LogP contribution in [0.3, 0.4) is 0 Å². The summed E-state index contributed by atoms with van der Waals surface area (Å²) in [7, 11) is 0. The first-order chi connectivity index (χ1) is 30.8. The molecule has 13 N–H and O–H groups in total. The highest BCUT2D eigenvalue weighted by Crippen LogP contribution is 2.28. The van der Waals surface area contributed by atoms with Gasteiger partial charge in [0.2, 0.25) is 35.4 Å². The molecule has 1 aromatic rings. The van der Waals surface area contributed by atoms with Crippen LogP contribution in [0.25, 0.3) is 0 Å². The van der Waals surface area contributed by atoms with Gasteiger partial charge in [-0.1, -0.05) is 57.4 Å². The number of nitrogens with zero attached hydrogens (tertiary/aromatic N) is 3. The van der Waals surface area contributed by atoms with Crippen molar-refractivity contribution in [1.29, 1.82) is 5.41 Å². The van der Waals surface area contributed by atoms with Gasteiger partial charge in [-0.05, 0) is 96.5 Å². The fourth-order valence-corrected chi connectivity index (χ4v) is 8.28. The minimum atomic E-state index is -5.08. The number of carboxylic acids is 1. The van der Waals surface area contributed by atoms with Crippen LogP contribution in [0.5, 0.6) is 0 Å². The maximum atomic E-state index is 14.5. The number of nitrogens with two attached hydrogens (primary N) is 4. The molecule has 19 nitrogen and oxygen atoms in total. The molecule has 0 aromatic heterocycles. The zero-order chi connectivity index (χ0) is 50.1. The number of carboxylic acid groups (broad SMARTS) is 1. The van der Waals surface area contributed by atoms with Crippen molar-refractivity contribution in [2.24, 2.45) is 45.7 Å². The maximum absolute atomic E-state index is 14.5. The molecule has 22 heteroatoms. The number of amides is 6. The third-order valence-corrected chi connectivity index (χ3v) is 11.4. The first-order valence-electron chi connectivity index (χ1n) is 22.4. The number of carbonyl (C=O) groups is 7. The number of guanidine groups is 1. The van der Waals surface area contributed by atoms with Crippen molar-refractivity contribution in [3.63, 3.8) is 0 Å². The second kappa shape index (κ2) is 26.3. The van der Waals surface area contributed by atoms with Crippen LogP contribution < -0.4 is 38.9 Å². The van der Waals surface area contributed by atoms with Gasteiger partial charge in [-0.2, -0.15) is 13.2 Å². The Morgan fingerprint density at radius 1 is 0.818 bits per heavy atom. The van der Waals surface area contributed by atoms with Crippen molar-refractivity contribution in [2.75, 3.05) is 13.1 Å². The summed E-state index contributed by atoms with van der Waals surface area (Å²) in [6, 6.07) is 2.36. The number of nitrogens with one attached hydrogen (secondary N) is 4. The molecule has 0 bridgehead atoms. The number of benzene rings is 1. The minimum absolute atomic E-state index is 0.00951. The molecular weight excluding hydrogens is 868 g/mol. The van der Waals surface area contributed by atoms with E-state index in [4.69, 9.17) is 38.2 Å². The summed E-state index contributed by atoms with van der Waals surface area (Å²) in [5.74, 6) is -7.71. The maximum Gasteiger partial charge on any atom is 0.490 e. The van der Waals surface area contributed by atoms with E-state index in [1.165, 1.54) is 4.90 Å². The van der Waals surface area contributed by atoms with E-state index in [1.807, 2.05) is 41.5 Å². The minimum Gasteiger partial charge on any atom is -0.475 e. The number of hydrogen-bond donors (Lipinski definition) is 9. The van der Waals surface area contributed by atoms with Crippen molar-refractivity contribution in [2.45, 2.75) is 155 Å². The number of aliphatic carboxylic acids is 1. The smallest absolute Gasteiger partial charge is 0.475 e. The molecular formula is C44H70F3N11O8. The number of primary amides is 1. The van der Waals surface area contributed by atoms with Crippen LogP contribution in [-0.4, -0.2) is 124 Å². The average molecular weight is 938 g/mol. The lowest BCUT2D eigenvalue weighted by Gasteiger charge is -2.35. The fraction of sp³-hybridized carbons (Fsp3) is 0.659. The van der Waals surface area contributed by atoms with Crippen LogP contribution in [-0.2, 0) is 40.0 Å². The van der Waals surface area contributed by atoms with Gasteiger partial charge in [-0.15, -0.1) is 0 Å². The Morgan fingerprint density at radius 2 is 1.38 bits per heavy atom. The molecule has 1 unspecified atom stereocenters. The molecule has 2 aliphatic rings. The van der Waals surface area contributed by atoms with Gasteiger partial charge in [0, 0.05) is 30.7 Å². The van der Waals surface area contributed by atoms with Crippen molar-refractivity contribution in [1.82, 2.24) is 25.8 Å². The standard InChI is InChI=1S/C42H69N11O6.C2HF3O2/c1-24(2)22-32(41(59)52-21-11-15-33(52)36(45)54)50-38(56)31(14-10-20-48-42(46)47)49-39(57)34(28-12-8-7-9-13-28)51-37(55)30(40(58)53(25(3)4)26(5)6)23-27-16-18-29(19-17-27)35(43)44;3-2(4,5)1(6)7/h16-19,24-26,28,30-34H,7-15,20-23H2,1-6H3,(H3,43,44)(H2,45,54)(H,49,57)(H,50,56)(H,51,55)(H4,46,47,48);(H,6,7)/t30?,31-,32-,33-,34-;/m0./s1. The Bertz CT molecular complexity index is 1860. The van der Waals surface area contributed by atoms with E-state index in [9.17, 15) is 41.9 Å². The second-order valence-electron chi connectivity index (χ2n) is 17.8. The quantitative estimate of drug-likeness (QED) is 0.0372. The van der Waals surface area contributed by atoms with Crippen molar-refractivity contribution in [3.05, 3.63) is 35.4 Å². The Labute approximate surface area is 384 Å². The van der Waals surface area contributed by atoms with Crippen LogP contribution in [0.1, 0.15) is 117 Å². The third kappa shape index (κ3) is 17.8. The predicted molar refractivity (Wildman–Crippen MR) is 241 cm³/mol. The van der Waals surface area contributed by atoms with Gasteiger partial charge < -0.3 is 53.8 Å². The summed E-state index contributed by atoms with van der Waals surface area (Å²) in [5.41, 5.74) is 23.5. The monoisotopic (exact) mass is 938 g/mol. The number of hydrogen-bond acceptors (Lipinski definition) is 9. The van der Waals surface area contributed by atoms with E-state index in [0.29, 0.717) is 49.8 Å². The zero-order valence-electron chi connectivity index (χ0n) is 38.8. The van der Waals surface area contributed by atoms with Gasteiger partial charge in [0.25, 0.3) is 0 Å². The lowest BCUT2D eigenvalue weighted by Crippen LogP contribution is -2.60. The van der Waals surface area contributed by atoms with Crippen LogP contribution >= 0.6 is 0 Å². The van der Waals surface area contributed by atoms with Crippen molar-refractivity contribution in [3.8, 4) is 0 Å². The lowest BCUT2D eigenvalue weighted by atomic mass is 9.83. The number of halogens is 3. The Balaban J connectivity index is 0.00000197. The first-order valence-corrected chi connectivity index (χ1v) is 22.4. The normalized spacial score (nSPS) is 17.1. The molecule has 66 heavy (non-hydrogen) atoms. The first kappa shape index (κ1) is 56.2. The summed E-state index contributed by atoms with van der Waals surface area (Å²) >= 11 is 0. The topological polar surface area (TPSA) is 323 Å². The van der Waals surface area contributed by atoms with E-state index in [2.05, 4.69) is 20.9 Å². The SMILES string of the molecule is CC(C)C[C@H](NC(=O)[C@H](CCCN=C(N)N)NC(=O)[C@@H](NC(=O)C(Cc1ccc(C(=N)N)cc1)C(=O)N(C(C)C)C(C)C)C1CCCCC1)C(=O)N1CCC[C@H]1C(N)=O.O=C(O)C(F)(F)F. The van der Waals surface area contributed by atoms with Gasteiger partial charge in [0.15, 0.2) is 5.96 Å². The molecule has 370 valence electrons. The predicted octanol–water partition coefficient (Wildman–Crippen LogP) is 2.02.